The van der Waals surface area contributed by atoms with Crippen LogP contribution in [0.15, 0.2) is 36.4 Å². The third-order valence-electron chi connectivity index (χ3n) is 3.87. The number of rotatable bonds is 5. The second-order valence-corrected chi connectivity index (χ2v) is 5.32. The van der Waals surface area contributed by atoms with Gasteiger partial charge in [-0.15, -0.1) is 0 Å². The summed E-state index contributed by atoms with van der Waals surface area (Å²) in [5.74, 6) is 1.95. The molecule has 0 saturated heterocycles. The van der Waals surface area contributed by atoms with Crippen molar-refractivity contribution in [3.63, 3.8) is 0 Å². The van der Waals surface area contributed by atoms with Gasteiger partial charge < -0.3 is 24.3 Å². The van der Waals surface area contributed by atoms with Crippen molar-refractivity contribution in [1.82, 2.24) is 0 Å². The molecule has 0 spiro atoms. The van der Waals surface area contributed by atoms with E-state index in [1.807, 2.05) is 24.3 Å². The van der Waals surface area contributed by atoms with Crippen molar-refractivity contribution in [2.24, 2.45) is 0 Å². The zero-order valence-electron chi connectivity index (χ0n) is 13.8. The quantitative estimate of drug-likeness (QED) is 0.913. The van der Waals surface area contributed by atoms with Gasteiger partial charge in [-0.25, -0.2) is 0 Å². The van der Waals surface area contributed by atoms with Gasteiger partial charge in [-0.2, -0.15) is 0 Å². The molecule has 0 aromatic heterocycles. The second-order valence-electron chi connectivity index (χ2n) is 5.32. The molecule has 1 atom stereocenters. The number of methoxy groups -OCH3 is 3. The van der Waals surface area contributed by atoms with Gasteiger partial charge in [0.2, 0.25) is 5.75 Å². The van der Waals surface area contributed by atoms with Gasteiger partial charge in [-0.05, 0) is 11.6 Å². The molecule has 3 rings (SSSR count). The number of para-hydroxylation sites is 1. The number of hydrogen-bond donors (Lipinski definition) is 1. The van der Waals surface area contributed by atoms with Crippen LogP contribution < -0.4 is 24.3 Å². The van der Waals surface area contributed by atoms with Crippen LogP contribution in [-0.4, -0.2) is 33.3 Å². The van der Waals surface area contributed by atoms with E-state index in [1.165, 1.54) is 21.3 Å². The van der Waals surface area contributed by atoms with Gasteiger partial charge >= 0.3 is 0 Å². The molecule has 2 aromatic carbocycles. The number of nitrogens with one attached hydrogen (secondary N) is 1. The van der Waals surface area contributed by atoms with Crippen molar-refractivity contribution in [3.05, 3.63) is 42.0 Å². The van der Waals surface area contributed by atoms with Gasteiger partial charge in [-0.3, -0.25) is 4.79 Å². The van der Waals surface area contributed by atoms with Crippen LogP contribution >= 0.6 is 0 Å². The van der Waals surface area contributed by atoms with E-state index in [-0.39, 0.29) is 5.91 Å². The van der Waals surface area contributed by atoms with Gasteiger partial charge in [0.1, 0.15) is 5.75 Å². The number of ether oxygens (including phenoxy) is 4. The molecule has 1 N–H and O–H groups in total. The second kappa shape index (κ2) is 6.70. The molecule has 0 bridgehead atoms. The fourth-order valence-corrected chi connectivity index (χ4v) is 2.70. The van der Waals surface area contributed by atoms with Gasteiger partial charge in [0.25, 0.3) is 5.91 Å². The molecular weight excluding hydrogens is 310 g/mol. The zero-order valence-corrected chi connectivity index (χ0v) is 13.8. The Morgan fingerprint density at radius 2 is 1.75 bits per heavy atom. The van der Waals surface area contributed by atoms with E-state index in [1.54, 1.807) is 12.1 Å². The van der Waals surface area contributed by atoms with Crippen molar-refractivity contribution < 1.29 is 23.7 Å². The summed E-state index contributed by atoms with van der Waals surface area (Å²) in [7, 11) is 4.58. The highest BCUT2D eigenvalue weighted by atomic mass is 16.5. The number of carbonyl (C=O) groups excluding carboxylic acids is 1. The van der Waals surface area contributed by atoms with Crippen LogP contribution in [-0.2, 0) is 11.2 Å². The Bertz CT molecular complexity index is 709. The highest BCUT2D eigenvalue weighted by Crippen LogP contribution is 2.40. The highest BCUT2D eigenvalue weighted by molar-refractivity contribution is 5.95. The maximum Gasteiger partial charge on any atom is 0.265 e. The van der Waals surface area contributed by atoms with Crippen LogP contribution in [0.25, 0.3) is 0 Å². The predicted molar refractivity (Wildman–Crippen MR) is 89.3 cm³/mol. The molecule has 1 amide bonds. The summed E-state index contributed by atoms with van der Waals surface area (Å²) < 4.78 is 21.6. The Morgan fingerprint density at radius 1 is 1.08 bits per heavy atom. The highest BCUT2D eigenvalue weighted by Gasteiger charge is 2.29. The molecule has 0 aliphatic carbocycles. The molecule has 6 nitrogen and oxygen atoms in total. The van der Waals surface area contributed by atoms with E-state index in [0.717, 1.165) is 11.3 Å². The van der Waals surface area contributed by atoms with E-state index >= 15 is 0 Å². The molecule has 1 aliphatic heterocycles. The van der Waals surface area contributed by atoms with Crippen molar-refractivity contribution in [2.45, 2.75) is 12.5 Å². The lowest BCUT2D eigenvalue weighted by atomic mass is 10.1. The first-order valence-electron chi connectivity index (χ1n) is 7.51. The van der Waals surface area contributed by atoms with E-state index in [2.05, 4.69) is 5.32 Å². The van der Waals surface area contributed by atoms with Crippen molar-refractivity contribution in [2.75, 3.05) is 26.6 Å². The van der Waals surface area contributed by atoms with Crippen molar-refractivity contribution in [3.8, 4) is 23.0 Å². The Labute approximate surface area is 140 Å². The first-order chi connectivity index (χ1) is 11.7. The Kier molecular flexibility index (Phi) is 4.46. The summed E-state index contributed by atoms with van der Waals surface area (Å²) >= 11 is 0. The minimum Gasteiger partial charge on any atom is -0.493 e. The van der Waals surface area contributed by atoms with Crippen LogP contribution in [0.5, 0.6) is 23.0 Å². The summed E-state index contributed by atoms with van der Waals surface area (Å²) in [6.45, 7) is 0. The zero-order chi connectivity index (χ0) is 17.1. The molecule has 126 valence electrons. The summed E-state index contributed by atoms with van der Waals surface area (Å²) in [4.78, 5) is 12.5. The molecule has 0 radical (unpaired) electrons. The normalized spacial score (nSPS) is 15.2. The van der Waals surface area contributed by atoms with Crippen LogP contribution in [0.3, 0.4) is 0 Å². The van der Waals surface area contributed by atoms with Crippen molar-refractivity contribution in [1.29, 1.82) is 0 Å². The summed E-state index contributed by atoms with van der Waals surface area (Å²) in [6, 6.07) is 11.0. The van der Waals surface area contributed by atoms with Gasteiger partial charge in [-0.1, -0.05) is 18.2 Å². The van der Waals surface area contributed by atoms with Gasteiger partial charge in [0, 0.05) is 24.2 Å². The van der Waals surface area contributed by atoms with Crippen LogP contribution in [0.1, 0.15) is 5.56 Å². The molecule has 0 unspecified atom stereocenters. The van der Waals surface area contributed by atoms with Crippen LogP contribution in [0.2, 0.25) is 0 Å². The number of amides is 1. The van der Waals surface area contributed by atoms with Crippen LogP contribution in [0, 0.1) is 0 Å². The molecule has 2 aromatic rings. The largest absolute Gasteiger partial charge is 0.493 e. The number of carbonyl (C=O) groups is 1. The van der Waals surface area contributed by atoms with E-state index in [4.69, 9.17) is 18.9 Å². The fraction of sp³-hybridized carbons (Fsp3) is 0.278. The lowest BCUT2D eigenvalue weighted by Gasteiger charge is -2.16. The number of benzene rings is 2. The lowest BCUT2D eigenvalue weighted by molar-refractivity contribution is -0.122. The molecule has 1 heterocycles. The summed E-state index contributed by atoms with van der Waals surface area (Å²) in [6.07, 6.45) is -0.00613. The van der Waals surface area contributed by atoms with E-state index in [0.29, 0.717) is 29.4 Å². The average molecular weight is 329 g/mol. The SMILES string of the molecule is COc1cc(NC(=O)[C@@H]2Cc3ccccc3O2)cc(OC)c1OC. The Balaban J connectivity index is 1.78. The van der Waals surface area contributed by atoms with Gasteiger partial charge in [0.05, 0.1) is 21.3 Å². The number of hydrogen-bond acceptors (Lipinski definition) is 5. The molecular formula is C18H19NO5. The van der Waals surface area contributed by atoms with Gasteiger partial charge in [0.15, 0.2) is 17.6 Å². The smallest absolute Gasteiger partial charge is 0.265 e. The standard InChI is InChI=1S/C18H19NO5/c1-21-14-9-12(10-15(22-2)17(14)23-3)19-18(20)16-8-11-6-4-5-7-13(11)24-16/h4-7,9-10,16H,8H2,1-3H3,(H,19,20)/t16-/m0/s1. The van der Waals surface area contributed by atoms with E-state index < -0.39 is 6.10 Å². The molecule has 24 heavy (non-hydrogen) atoms. The minimum atomic E-state index is -0.554. The van der Waals surface area contributed by atoms with Crippen molar-refractivity contribution >= 4 is 11.6 Å². The number of anilines is 1. The first kappa shape index (κ1) is 16.0. The summed E-state index contributed by atoms with van der Waals surface area (Å²) in [5, 5.41) is 2.84. The molecule has 0 fully saturated rings. The Morgan fingerprint density at radius 3 is 2.33 bits per heavy atom. The maximum atomic E-state index is 12.5. The average Bonchev–Trinajstić information content (AvgIpc) is 3.05. The molecule has 0 saturated carbocycles. The Hall–Kier alpha value is -2.89. The lowest BCUT2D eigenvalue weighted by Crippen LogP contribution is -2.31. The number of fused-ring (bicyclic) bond motifs is 1. The molecule has 6 heteroatoms. The third-order valence-corrected chi connectivity index (χ3v) is 3.87. The topological polar surface area (TPSA) is 66.0 Å². The monoisotopic (exact) mass is 329 g/mol. The first-order valence-corrected chi connectivity index (χ1v) is 7.51. The fourth-order valence-electron chi connectivity index (χ4n) is 2.70. The third kappa shape index (κ3) is 2.95. The summed E-state index contributed by atoms with van der Waals surface area (Å²) in [5.41, 5.74) is 1.58. The predicted octanol–water partition coefficient (Wildman–Crippen LogP) is 2.65. The maximum absolute atomic E-state index is 12.5. The minimum absolute atomic E-state index is 0.222. The van der Waals surface area contributed by atoms with E-state index in [9.17, 15) is 4.79 Å². The molecule has 1 aliphatic rings. The van der Waals surface area contributed by atoms with Crippen LogP contribution in [0.4, 0.5) is 5.69 Å².